The second-order valence-electron chi connectivity index (χ2n) is 5.10. The minimum Gasteiger partial charge on any atom is -0.459 e. The van der Waals surface area contributed by atoms with Crippen molar-refractivity contribution in [1.29, 1.82) is 0 Å². The number of rotatable bonds is 4. The molecule has 0 spiro atoms. The maximum atomic E-state index is 12.8. The van der Waals surface area contributed by atoms with Gasteiger partial charge in [-0.15, -0.1) is 0 Å². The fraction of sp³-hybridized carbons (Fsp3) is 0.200. The molecular formula is C15H11Cl3F3N3O2S. The highest BCUT2D eigenvalue weighted by atomic mass is 35.6. The molecule has 146 valence electrons. The third-order valence-corrected chi connectivity index (χ3v) is 3.95. The highest BCUT2D eigenvalue weighted by Crippen LogP contribution is 2.31. The van der Waals surface area contributed by atoms with Crippen LogP contribution in [0.15, 0.2) is 47.1 Å². The summed E-state index contributed by atoms with van der Waals surface area (Å²) < 4.78 is 41.2. The zero-order chi connectivity index (χ0) is 20.2. The average Bonchev–Trinajstić information content (AvgIpc) is 3.07. The summed E-state index contributed by atoms with van der Waals surface area (Å²) in [5.41, 5.74) is -0.804. The predicted octanol–water partition coefficient (Wildman–Crippen LogP) is 4.71. The van der Waals surface area contributed by atoms with Gasteiger partial charge in [0.25, 0.3) is 5.91 Å². The molecule has 1 unspecified atom stereocenters. The molecule has 0 aliphatic carbocycles. The van der Waals surface area contributed by atoms with Gasteiger partial charge in [0, 0.05) is 5.69 Å². The minimum absolute atomic E-state index is 0.0344. The molecule has 3 N–H and O–H groups in total. The van der Waals surface area contributed by atoms with Crippen LogP contribution in [-0.2, 0) is 6.18 Å². The molecule has 1 aromatic heterocycles. The zero-order valence-corrected chi connectivity index (χ0v) is 16.2. The van der Waals surface area contributed by atoms with E-state index < -0.39 is 27.6 Å². The SMILES string of the molecule is O=C(NC(NC(=S)Nc1cccc(C(F)(F)F)c1)C(Cl)(Cl)Cl)c1ccco1. The van der Waals surface area contributed by atoms with Crippen molar-refractivity contribution in [3.63, 3.8) is 0 Å². The van der Waals surface area contributed by atoms with Crippen LogP contribution in [0, 0.1) is 0 Å². The van der Waals surface area contributed by atoms with E-state index in [1.54, 1.807) is 0 Å². The zero-order valence-electron chi connectivity index (χ0n) is 13.1. The molecule has 1 atom stereocenters. The largest absolute Gasteiger partial charge is 0.459 e. The lowest BCUT2D eigenvalue weighted by Crippen LogP contribution is -2.56. The van der Waals surface area contributed by atoms with Crippen molar-refractivity contribution >= 4 is 63.7 Å². The van der Waals surface area contributed by atoms with Crippen LogP contribution >= 0.6 is 47.0 Å². The summed E-state index contributed by atoms with van der Waals surface area (Å²) in [5, 5.41) is 7.25. The van der Waals surface area contributed by atoms with E-state index in [4.69, 9.17) is 51.4 Å². The van der Waals surface area contributed by atoms with Crippen molar-refractivity contribution in [2.24, 2.45) is 0 Å². The molecule has 0 radical (unpaired) electrons. The molecule has 0 aliphatic heterocycles. The first-order valence-electron chi connectivity index (χ1n) is 7.12. The van der Waals surface area contributed by atoms with E-state index >= 15 is 0 Å². The van der Waals surface area contributed by atoms with Crippen molar-refractivity contribution in [3.05, 3.63) is 54.0 Å². The summed E-state index contributed by atoms with van der Waals surface area (Å²) in [6, 6.07) is 7.24. The van der Waals surface area contributed by atoms with E-state index in [2.05, 4.69) is 16.0 Å². The first-order chi connectivity index (χ1) is 12.5. The van der Waals surface area contributed by atoms with E-state index in [-0.39, 0.29) is 16.6 Å². The first kappa shape index (κ1) is 21.6. The molecule has 2 aromatic rings. The molecule has 12 heteroatoms. The fourth-order valence-electron chi connectivity index (χ4n) is 1.88. The summed E-state index contributed by atoms with van der Waals surface area (Å²) in [5.74, 6) is -0.724. The number of amides is 1. The molecule has 2 rings (SSSR count). The molecule has 0 saturated carbocycles. The Morgan fingerprint density at radius 1 is 1.11 bits per heavy atom. The lowest BCUT2D eigenvalue weighted by atomic mass is 10.2. The van der Waals surface area contributed by atoms with Gasteiger partial charge in [-0.1, -0.05) is 40.9 Å². The van der Waals surface area contributed by atoms with Gasteiger partial charge in [0.1, 0.15) is 6.17 Å². The standard InChI is InChI=1S/C15H11Cl3F3N3O2S/c16-14(17,18)12(23-11(25)10-5-2-6-26-10)24-13(27)22-9-4-1-3-8(7-9)15(19,20)21/h1-7,12H,(H,23,25)(H2,22,24,27). The number of benzene rings is 1. The lowest BCUT2D eigenvalue weighted by Gasteiger charge is -2.27. The number of alkyl halides is 6. The highest BCUT2D eigenvalue weighted by molar-refractivity contribution is 7.80. The molecule has 27 heavy (non-hydrogen) atoms. The third-order valence-electron chi connectivity index (χ3n) is 3.07. The van der Waals surface area contributed by atoms with Crippen LogP contribution in [-0.4, -0.2) is 21.0 Å². The number of hydrogen-bond donors (Lipinski definition) is 3. The number of hydrogen-bond acceptors (Lipinski definition) is 3. The maximum Gasteiger partial charge on any atom is 0.416 e. The predicted molar refractivity (Wildman–Crippen MR) is 101 cm³/mol. The van der Waals surface area contributed by atoms with Crippen LogP contribution in [0.5, 0.6) is 0 Å². The van der Waals surface area contributed by atoms with Gasteiger partial charge in [-0.25, -0.2) is 0 Å². The van der Waals surface area contributed by atoms with Gasteiger partial charge in [-0.2, -0.15) is 13.2 Å². The van der Waals surface area contributed by atoms with Crippen LogP contribution in [0.2, 0.25) is 0 Å². The Labute approximate surface area is 172 Å². The number of halogens is 6. The minimum atomic E-state index is -4.51. The Kier molecular flexibility index (Phi) is 6.85. The van der Waals surface area contributed by atoms with Gasteiger partial charge in [0.15, 0.2) is 10.9 Å². The monoisotopic (exact) mass is 459 g/mol. The van der Waals surface area contributed by atoms with Crippen molar-refractivity contribution in [1.82, 2.24) is 10.6 Å². The summed E-state index contributed by atoms with van der Waals surface area (Å²) in [7, 11) is 0. The molecule has 0 bridgehead atoms. The maximum absolute atomic E-state index is 12.8. The molecule has 0 saturated heterocycles. The molecule has 0 fully saturated rings. The third kappa shape index (κ3) is 6.46. The van der Waals surface area contributed by atoms with E-state index in [0.29, 0.717) is 0 Å². The van der Waals surface area contributed by atoms with Crippen molar-refractivity contribution < 1.29 is 22.4 Å². The second-order valence-corrected chi connectivity index (χ2v) is 7.88. The number of carbonyl (C=O) groups excluding carboxylic acids is 1. The molecule has 1 amide bonds. The van der Waals surface area contributed by atoms with Crippen molar-refractivity contribution in [2.75, 3.05) is 5.32 Å². The van der Waals surface area contributed by atoms with E-state index in [9.17, 15) is 18.0 Å². The van der Waals surface area contributed by atoms with Crippen LogP contribution in [0.25, 0.3) is 0 Å². The number of thiocarbonyl (C=S) groups is 1. The highest BCUT2D eigenvalue weighted by Gasteiger charge is 2.35. The van der Waals surface area contributed by atoms with E-state index in [1.807, 2.05) is 0 Å². The smallest absolute Gasteiger partial charge is 0.416 e. The Bertz CT molecular complexity index is 811. The van der Waals surface area contributed by atoms with E-state index in [1.165, 1.54) is 30.5 Å². The summed E-state index contributed by atoms with van der Waals surface area (Å²) >= 11 is 22.5. The van der Waals surface area contributed by atoms with Crippen LogP contribution in [0.1, 0.15) is 16.1 Å². The van der Waals surface area contributed by atoms with Gasteiger partial charge in [0.2, 0.25) is 3.79 Å². The molecule has 0 aliphatic rings. The average molecular weight is 461 g/mol. The van der Waals surface area contributed by atoms with Gasteiger partial charge < -0.3 is 20.4 Å². The van der Waals surface area contributed by atoms with Gasteiger partial charge >= 0.3 is 6.18 Å². The van der Waals surface area contributed by atoms with Crippen molar-refractivity contribution in [3.8, 4) is 0 Å². The Morgan fingerprint density at radius 2 is 1.81 bits per heavy atom. The van der Waals surface area contributed by atoms with Gasteiger partial charge in [-0.3, -0.25) is 4.79 Å². The summed E-state index contributed by atoms with van der Waals surface area (Å²) in [4.78, 5) is 12.0. The molecule has 1 heterocycles. The second kappa shape index (κ2) is 8.55. The Balaban J connectivity index is 2.07. The molecule has 1 aromatic carbocycles. The lowest BCUT2D eigenvalue weighted by molar-refractivity contribution is -0.137. The van der Waals surface area contributed by atoms with Crippen LogP contribution < -0.4 is 16.0 Å². The summed E-state index contributed by atoms with van der Waals surface area (Å²) in [6.07, 6.45) is -4.53. The quantitative estimate of drug-likeness (QED) is 0.350. The van der Waals surface area contributed by atoms with E-state index in [0.717, 1.165) is 12.1 Å². The summed E-state index contributed by atoms with van der Waals surface area (Å²) in [6.45, 7) is 0. The van der Waals surface area contributed by atoms with Crippen LogP contribution in [0.4, 0.5) is 18.9 Å². The Morgan fingerprint density at radius 3 is 2.37 bits per heavy atom. The van der Waals surface area contributed by atoms with Crippen LogP contribution in [0.3, 0.4) is 0 Å². The molecule has 5 nitrogen and oxygen atoms in total. The Hall–Kier alpha value is -1.68. The first-order valence-corrected chi connectivity index (χ1v) is 8.67. The van der Waals surface area contributed by atoms with Gasteiger partial charge in [-0.05, 0) is 42.5 Å². The molecular weight excluding hydrogens is 450 g/mol. The van der Waals surface area contributed by atoms with Gasteiger partial charge in [0.05, 0.1) is 11.8 Å². The normalized spacial score (nSPS) is 13.0. The number of nitrogens with one attached hydrogen (secondary N) is 3. The van der Waals surface area contributed by atoms with Crippen molar-refractivity contribution in [2.45, 2.75) is 16.1 Å². The number of anilines is 1. The fourth-order valence-corrected chi connectivity index (χ4v) is 2.44. The topological polar surface area (TPSA) is 66.3 Å². The number of carbonyl (C=O) groups is 1. The number of furan rings is 1.